The van der Waals surface area contributed by atoms with Crippen LogP contribution in [0.15, 0.2) is 152 Å². The van der Waals surface area contributed by atoms with Gasteiger partial charge in [-0.3, -0.25) is 0 Å². The molecule has 296 valence electrons. The average molecular weight is 800 g/mol. The number of aryl methyl sites for hydroxylation is 5. The van der Waals surface area contributed by atoms with Crippen molar-refractivity contribution in [2.24, 2.45) is 0 Å². The molecule has 61 heavy (non-hydrogen) atoms. The van der Waals surface area contributed by atoms with E-state index in [1.807, 2.05) is 36.4 Å². The van der Waals surface area contributed by atoms with E-state index in [0.29, 0.717) is 28.1 Å². The minimum atomic E-state index is -4.62. The van der Waals surface area contributed by atoms with E-state index < -0.39 is 11.7 Å². The maximum absolute atomic E-state index is 15.0. The van der Waals surface area contributed by atoms with Gasteiger partial charge in [-0.25, -0.2) is 0 Å². The molecule has 0 saturated carbocycles. The molecule has 0 aliphatic carbocycles. The van der Waals surface area contributed by atoms with E-state index in [9.17, 15) is 5.26 Å². The van der Waals surface area contributed by atoms with Crippen LogP contribution in [0.1, 0.15) is 38.9 Å². The van der Waals surface area contributed by atoms with Gasteiger partial charge in [0.15, 0.2) is 0 Å². The molecule has 0 unspecified atom stereocenters. The lowest BCUT2D eigenvalue weighted by Crippen LogP contribution is -2.10. The maximum Gasteiger partial charge on any atom is 0.417 e. The number of alkyl halides is 3. The Morgan fingerprint density at radius 2 is 0.918 bits per heavy atom. The molecule has 0 amide bonds. The molecular weight excluding hydrogens is 760 g/mol. The van der Waals surface area contributed by atoms with Gasteiger partial charge in [-0.1, -0.05) is 108 Å². The lowest BCUT2D eigenvalue weighted by atomic mass is 9.92. The lowest BCUT2D eigenvalue weighted by Gasteiger charge is -2.21. The second-order valence-corrected chi connectivity index (χ2v) is 16.3. The molecule has 3 nitrogen and oxygen atoms in total. The number of benzene rings is 8. The predicted octanol–water partition coefficient (Wildman–Crippen LogP) is 15.3. The first-order chi connectivity index (χ1) is 29.4. The molecule has 0 atom stereocenters. The Morgan fingerprint density at radius 1 is 0.443 bits per heavy atom. The highest BCUT2D eigenvalue weighted by Crippen LogP contribution is 2.45. The zero-order valence-electron chi connectivity index (χ0n) is 34.4. The van der Waals surface area contributed by atoms with Gasteiger partial charge in [0.05, 0.1) is 39.0 Å². The van der Waals surface area contributed by atoms with Gasteiger partial charge in [0.1, 0.15) is 11.6 Å². The summed E-state index contributed by atoms with van der Waals surface area (Å²) in [6.07, 6.45) is -4.62. The van der Waals surface area contributed by atoms with Gasteiger partial charge in [0.2, 0.25) is 0 Å². The van der Waals surface area contributed by atoms with Crippen molar-refractivity contribution in [3.8, 4) is 50.8 Å². The van der Waals surface area contributed by atoms with Crippen LogP contribution in [0.4, 0.5) is 13.2 Å². The fraction of sp³-hybridized carbons (Fsp3) is 0.109. The van der Waals surface area contributed by atoms with Crippen LogP contribution in [-0.2, 0) is 6.18 Å². The van der Waals surface area contributed by atoms with Crippen molar-refractivity contribution < 1.29 is 13.2 Å². The fourth-order valence-electron chi connectivity index (χ4n) is 9.59. The number of rotatable bonds is 5. The van der Waals surface area contributed by atoms with Crippen LogP contribution >= 0.6 is 0 Å². The second kappa shape index (κ2) is 14.1. The van der Waals surface area contributed by atoms with E-state index >= 15 is 13.2 Å². The molecule has 10 rings (SSSR count). The Bertz CT molecular complexity index is 3290. The summed E-state index contributed by atoms with van der Waals surface area (Å²) in [4.78, 5) is 0. The van der Waals surface area contributed by atoms with Gasteiger partial charge in [-0.15, -0.1) is 0 Å². The topological polar surface area (TPSA) is 33.6 Å². The van der Waals surface area contributed by atoms with E-state index in [4.69, 9.17) is 0 Å². The predicted molar refractivity (Wildman–Crippen MR) is 245 cm³/mol. The van der Waals surface area contributed by atoms with Gasteiger partial charge < -0.3 is 9.13 Å². The summed E-state index contributed by atoms with van der Waals surface area (Å²) < 4.78 is 49.2. The second-order valence-electron chi connectivity index (χ2n) is 16.3. The Hall–Kier alpha value is -7.36. The molecule has 8 aromatic carbocycles. The van der Waals surface area contributed by atoms with Crippen LogP contribution in [-0.4, -0.2) is 9.13 Å². The van der Waals surface area contributed by atoms with Gasteiger partial charge in [0, 0.05) is 21.5 Å². The van der Waals surface area contributed by atoms with Crippen molar-refractivity contribution in [2.45, 2.75) is 40.8 Å². The molecule has 2 heterocycles. The minimum absolute atomic E-state index is 0.0813. The number of halogens is 3. The number of nitriles is 1. The molecule has 10 aromatic rings. The van der Waals surface area contributed by atoms with Crippen LogP contribution < -0.4 is 0 Å². The van der Waals surface area contributed by atoms with Crippen LogP contribution in [0.2, 0.25) is 0 Å². The summed E-state index contributed by atoms with van der Waals surface area (Å²) in [5.74, 6) is 0. The summed E-state index contributed by atoms with van der Waals surface area (Å²) >= 11 is 0. The van der Waals surface area contributed by atoms with Crippen LogP contribution in [0.5, 0.6) is 0 Å². The summed E-state index contributed by atoms with van der Waals surface area (Å²) in [6, 6.07) is 52.1. The van der Waals surface area contributed by atoms with Crippen LogP contribution in [0.25, 0.3) is 88.4 Å². The smallest absolute Gasteiger partial charge is 0.308 e. The first kappa shape index (κ1) is 37.9. The van der Waals surface area contributed by atoms with Gasteiger partial charge >= 0.3 is 6.18 Å². The number of hydrogen-bond donors (Lipinski definition) is 0. The van der Waals surface area contributed by atoms with Crippen molar-refractivity contribution in [3.63, 3.8) is 0 Å². The summed E-state index contributed by atoms with van der Waals surface area (Å²) in [6.45, 7) is 10.1. The highest BCUT2D eigenvalue weighted by atomic mass is 19.4. The van der Waals surface area contributed by atoms with E-state index in [-0.39, 0.29) is 5.56 Å². The largest absolute Gasteiger partial charge is 0.417 e. The van der Waals surface area contributed by atoms with E-state index in [1.165, 1.54) is 17.2 Å². The monoisotopic (exact) mass is 799 g/mol. The number of aromatic nitrogens is 2. The zero-order valence-corrected chi connectivity index (χ0v) is 34.4. The number of nitrogens with zero attached hydrogens (tertiary/aromatic N) is 3. The molecule has 2 aromatic heterocycles. The van der Waals surface area contributed by atoms with Crippen molar-refractivity contribution >= 4 is 43.6 Å². The highest BCUT2D eigenvalue weighted by molar-refractivity contribution is 6.12. The number of fused-ring (bicyclic) bond motifs is 6. The molecule has 0 radical (unpaired) electrons. The molecule has 0 bridgehead atoms. The average Bonchev–Trinajstić information content (AvgIpc) is 3.75. The summed E-state index contributed by atoms with van der Waals surface area (Å²) in [5.41, 5.74) is 14.0. The molecule has 0 spiro atoms. The van der Waals surface area contributed by atoms with E-state index in [2.05, 4.69) is 128 Å². The molecule has 6 heteroatoms. The normalized spacial score (nSPS) is 11.9. The quantitative estimate of drug-likeness (QED) is 0.171. The number of para-hydroxylation sites is 2. The SMILES string of the molecule is Cc1ccc(-c2ccc3c(c2)c2ccccc2n3-c2cc(-c3c(C)cccc3C(F)(F)F)cc(-n3c4ccccc4c4cc(-c5ccc(C)cc5C)ccc43)c2C#N)c(C)c1. The molecule has 0 aliphatic rings. The molecule has 0 saturated heterocycles. The third kappa shape index (κ3) is 6.11. The van der Waals surface area contributed by atoms with Gasteiger partial charge in [-0.05, 0) is 139 Å². The van der Waals surface area contributed by atoms with E-state index in [0.717, 1.165) is 83.1 Å². The standard InChI is InChI=1S/C55H40F3N3/c1-32-17-21-40(35(4)25-32)37-19-23-50-44(27-37)42-12-6-8-15-48(42)60(50)52-29-39(54-34(3)11-10-14-47(54)55(56,57)58)30-53(46(52)31-59)61-49-16-9-7-13-43(49)45-28-38(20-24-51(45)61)41-22-18-33(2)26-36(41)5/h6-30H,1-5H3. The third-order valence-corrected chi connectivity index (χ3v) is 12.3. The Kier molecular flexibility index (Phi) is 8.78. The van der Waals surface area contributed by atoms with E-state index in [1.54, 1.807) is 25.1 Å². The van der Waals surface area contributed by atoms with Crippen LogP contribution in [0, 0.1) is 45.9 Å². The Balaban J connectivity index is 1.32. The molecular formula is C55H40F3N3. The maximum atomic E-state index is 15.0. The van der Waals surface area contributed by atoms with Crippen LogP contribution in [0.3, 0.4) is 0 Å². The highest BCUT2D eigenvalue weighted by Gasteiger charge is 2.35. The number of hydrogen-bond acceptors (Lipinski definition) is 1. The van der Waals surface area contributed by atoms with Crippen molar-refractivity contribution in [1.29, 1.82) is 5.26 Å². The molecule has 0 aliphatic heterocycles. The van der Waals surface area contributed by atoms with Crippen molar-refractivity contribution in [3.05, 3.63) is 191 Å². The molecule has 0 fully saturated rings. The third-order valence-electron chi connectivity index (χ3n) is 12.3. The van der Waals surface area contributed by atoms with Crippen molar-refractivity contribution in [2.75, 3.05) is 0 Å². The minimum Gasteiger partial charge on any atom is -0.308 e. The fourth-order valence-corrected chi connectivity index (χ4v) is 9.59. The van der Waals surface area contributed by atoms with Gasteiger partial charge in [0.25, 0.3) is 0 Å². The van der Waals surface area contributed by atoms with Crippen molar-refractivity contribution in [1.82, 2.24) is 9.13 Å². The summed E-state index contributed by atoms with van der Waals surface area (Å²) in [7, 11) is 0. The zero-order chi connectivity index (χ0) is 42.3. The van der Waals surface area contributed by atoms with Gasteiger partial charge in [-0.2, -0.15) is 18.4 Å². The first-order valence-corrected chi connectivity index (χ1v) is 20.4. The summed E-state index contributed by atoms with van der Waals surface area (Å²) in [5, 5.41) is 15.3. The molecule has 0 N–H and O–H groups in total. The lowest BCUT2D eigenvalue weighted by molar-refractivity contribution is -0.137. The first-order valence-electron chi connectivity index (χ1n) is 20.4. The Morgan fingerprint density at radius 3 is 1.38 bits per heavy atom. The Labute approximate surface area is 352 Å².